The molecule has 0 saturated heterocycles. The maximum Gasteiger partial charge on any atom is 0.117 e. The average Bonchev–Trinajstić information content (AvgIpc) is 2.81. The number of nitriles is 1. The van der Waals surface area contributed by atoms with E-state index in [1.807, 2.05) is 55.0 Å². The van der Waals surface area contributed by atoms with Gasteiger partial charge in [0.05, 0.1) is 23.7 Å². The van der Waals surface area contributed by atoms with Gasteiger partial charge in [-0.25, -0.2) is 4.21 Å². The van der Waals surface area contributed by atoms with Gasteiger partial charge in [-0.2, -0.15) is 5.26 Å². The van der Waals surface area contributed by atoms with Crippen LogP contribution in [0.25, 0.3) is 23.4 Å². The Labute approximate surface area is 155 Å². The third-order valence-electron chi connectivity index (χ3n) is 4.40. The second kappa shape index (κ2) is 7.63. The lowest BCUT2D eigenvalue weighted by atomic mass is 10.1. The highest BCUT2D eigenvalue weighted by Gasteiger charge is 2.16. The monoisotopic (exact) mass is 367 g/mol. The summed E-state index contributed by atoms with van der Waals surface area (Å²) in [5.41, 5.74) is 3.26. The van der Waals surface area contributed by atoms with Gasteiger partial charge < -0.3 is 14.0 Å². The van der Waals surface area contributed by atoms with Gasteiger partial charge in [0.2, 0.25) is 0 Å². The van der Waals surface area contributed by atoms with Crippen molar-refractivity contribution in [3.8, 4) is 17.3 Å². The van der Waals surface area contributed by atoms with Crippen LogP contribution in [0.4, 0.5) is 5.69 Å². The number of methoxy groups -OCH3 is 1. The summed E-state index contributed by atoms with van der Waals surface area (Å²) in [6, 6.07) is 10.0. The molecule has 0 fully saturated rings. The van der Waals surface area contributed by atoms with Crippen molar-refractivity contribution in [1.29, 1.82) is 5.26 Å². The molecule has 1 unspecified atom stereocenters. The molecule has 26 heavy (non-hydrogen) atoms. The number of hydrogen-bond donors (Lipinski definition) is 1. The van der Waals surface area contributed by atoms with Crippen LogP contribution in [-0.2, 0) is 22.8 Å². The molecule has 2 aromatic rings. The molecule has 1 aliphatic rings. The van der Waals surface area contributed by atoms with Crippen molar-refractivity contribution in [2.24, 2.45) is 7.05 Å². The zero-order chi connectivity index (χ0) is 18.7. The number of nitrogens with one attached hydrogen (secondary N) is 1. The minimum absolute atomic E-state index is 0.548. The van der Waals surface area contributed by atoms with Crippen LogP contribution in [0.1, 0.15) is 18.9 Å². The molecule has 1 aliphatic carbocycles. The van der Waals surface area contributed by atoms with Crippen LogP contribution in [-0.4, -0.2) is 21.6 Å². The zero-order valence-electron chi connectivity index (χ0n) is 15.1. The Kier molecular flexibility index (Phi) is 5.29. The highest BCUT2D eigenvalue weighted by Crippen LogP contribution is 2.23. The number of anilines is 1. The maximum absolute atomic E-state index is 11.6. The van der Waals surface area contributed by atoms with Crippen molar-refractivity contribution < 1.29 is 8.95 Å². The summed E-state index contributed by atoms with van der Waals surface area (Å²) in [4.78, 5) is 0. The van der Waals surface area contributed by atoms with Crippen LogP contribution in [0.3, 0.4) is 0 Å². The van der Waals surface area contributed by atoms with Gasteiger partial charge in [0.15, 0.2) is 0 Å². The lowest BCUT2D eigenvalue weighted by Gasteiger charge is -2.08. The molecule has 1 aromatic carbocycles. The fourth-order valence-corrected chi connectivity index (χ4v) is 3.63. The van der Waals surface area contributed by atoms with Crippen molar-refractivity contribution in [2.75, 3.05) is 17.6 Å². The normalized spacial score (nSPS) is 14.0. The predicted octanol–water partition coefficient (Wildman–Crippen LogP) is 2.15. The largest absolute Gasteiger partial charge is 0.497 e. The topological polar surface area (TPSA) is 67.0 Å². The summed E-state index contributed by atoms with van der Waals surface area (Å²) >= 11 is 0. The summed E-state index contributed by atoms with van der Waals surface area (Å²) in [7, 11) is 2.52. The molecule has 0 amide bonds. The third kappa shape index (κ3) is 3.31. The van der Waals surface area contributed by atoms with Gasteiger partial charge in [-0.3, -0.25) is 0 Å². The molecular formula is C20H21N3O2S. The molecule has 0 saturated carbocycles. The van der Waals surface area contributed by atoms with Gasteiger partial charge in [-0.05, 0) is 30.2 Å². The summed E-state index contributed by atoms with van der Waals surface area (Å²) in [5.74, 6) is 1.34. The number of ether oxygens (including phenoxy) is 1. The predicted molar refractivity (Wildman–Crippen MR) is 106 cm³/mol. The molecule has 134 valence electrons. The molecule has 1 N–H and O–H groups in total. The average molecular weight is 367 g/mol. The first-order valence-electron chi connectivity index (χ1n) is 8.39. The lowest BCUT2D eigenvalue weighted by molar-refractivity contribution is 0.312. The lowest BCUT2D eigenvalue weighted by Crippen LogP contribution is -2.28. The number of rotatable bonds is 5. The van der Waals surface area contributed by atoms with Crippen LogP contribution in [0.2, 0.25) is 0 Å². The number of benzene rings is 1. The number of allylic oxidation sites excluding steroid dienone is 2. The summed E-state index contributed by atoms with van der Waals surface area (Å²) < 4.78 is 22.0. The second-order valence-electron chi connectivity index (χ2n) is 5.90. The van der Waals surface area contributed by atoms with E-state index < -0.39 is 11.0 Å². The van der Waals surface area contributed by atoms with E-state index in [2.05, 4.69) is 16.9 Å². The van der Waals surface area contributed by atoms with E-state index in [4.69, 9.17) is 4.74 Å². The van der Waals surface area contributed by atoms with E-state index >= 15 is 0 Å². The molecule has 0 radical (unpaired) electrons. The minimum Gasteiger partial charge on any atom is -0.497 e. The molecule has 6 heteroatoms. The van der Waals surface area contributed by atoms with Crippen molar-refractivity contribution in [3.05, 3.63) is 52.2 Å². The van der Waals surface area contributed by atoms with Gasteiger partial charge in [0.1, 0.15) is 22.8 Å². The Morgan fingerprint density at radius 2 is 2.04 bits per heavy atom. The van der Waals surface area contributed by atoms with Crippen molar-refractivity contribution in [3.63, 3.8) is 0 Å². The Balaban J connectivity index is 2.13. The molecule has 0 bridgehead atoms. The van der Waals surface area contributed by atoms with Crippen LogP contribution in [0, 0.1) is 11.3 Å². The molecule has 5 nitrogen and oxygen atoms in total. The fraction of sp³-hybridized carbons (Fsp3) is 0.250. The molecular weight excluding hydrogens is 346 g/mol. The first-order chi connectivity index (χ1) is 12.6. The maximum atomic E-state index is 11.6. The number of fused-ring (bicyclic) bond motifs is 1. The van der Waals surface area contributed by atoms with E-state index in [-0.39, 0.29) is 0 Å². The first kappa shape index (κ1) is 18.0. The molecule has 1 atom stereocenters. The fourth-order valence-electron chi connectivity index (χ4n) is 3.09. The second-order valence-corrected chi connectivity index (χ2v) is 7.37. The summed E-state index contributed by atoms with van der Waals surface area (Å²) in [6.07, 6.45) is 6.73. The van der Waals surface area contributed by atoms with E-state index in [1.54, 1.807) is 7.11 Å². The van der Waals surface area contributed by atoms with Crippen molar-refractivity contribution in [1.82, 2.24) is 4.57 Å². The Morgan fingerprint density at radius 3 is 2.65 bits per heavy atom. The van der Waals surface area contributed by atoms with Gasteiger partial charge in [0, 0.05) is 29.8 Å². The van der Waals surface area contributed by atoms with Gasteiger partial charge in [-0.15, -0.1) is 0 Å². The standard InChI is InChI=1S/C20H21N3O2S/c1-4-26(24)22-15-10-8-14(9-11-15)20-18(13-21)17-7-5-6-16(25-3)12-19(17)23(20)2/h6-12,22H,4-5H2,1-3H3. The molecule has 1 aromatic heterocycles. The van der Waals surface area contributed by atoms with E-state index in [9.17, 15) is 9.47 Å². The third-order valence-corrected chi connectivity index (χ3v) is 5.39. The zero-order valence-corrected chi connectivity index (χ0v) is 15.9. The minimum atomic E-state index is -1.08. The number of hydrogen-bond acceptors (Lipinski definition) is 3. The Bertz CT molecular complexity index is 1040. The Hall–Kier alpha value is -2.78. The quantitative estimate of drug-likeness (QED) is 0.881. The molecule has 1 heterocycles. The van der Waals surface area contributed by atoms with E-state index in [0.29, 0.717) is 11.3 Å². The van der Waals surface area contributed by atoms with Crippen LogP contribution in [0.15, 0.2) is 36.1 Å². The SMILES string of the molecule is CCS(=O)Nc1ccc(-c2c(C#N)c3c(n2C)=CC(OC)=CCC=3)cc1. The number of aromatic nitrogens is 1. The number of nitrogens with zero attached hydrogens (tertiary/aromatic N) is 2. The van der Waals surface area contributed by atoms with Crippen molar-refractivity contribution >= 4 is 28.8 Å². The highest BCUT2D eigenvalue weighted by atomic mass is 32.2. The van der Waals surface area contributed by atoms with Gasteiger partial charge >= 0.3 is 0 Å². The van der Waals surface area contributed by atoms with Crippen LogP contribution in [0.5, 0.6) is 0 Å². The summed E-state index contributed by atoms with van der Waals surface area (Å²) in [5, 5.41) is 11.7. The van der Waals surface area contributed by atoms with Crippen LogP contribution >= 0.6 is 0 Å². The highest BCUT2D eigenvalue weighted by molar-refractivity contribution is 7.86. The molecule has 0 aliphatic heterocycles. The van der Waals surface area contributed by atoms with Gasteiger partial charge in [-0.1, -0.05) is 25.1 Å². The van der Waals surface area contributed by atoms with Gasteiger partial charge in [0.25, 0.3) is 0 Å². The molecule has 3 rings (SSSR count). The van der Waals surface area contributed by atoms with Crippen molar-refractivity contribution in [2.45, 2.75) is 13.3 Å². The Morgan fingerprint density at radius 1 is 1.31 bits per heavy atom. The molecule has 0 spiro atoms. The smallest absolute Gasteiger partial charge is 0.117 e. The van der Waals surface area contributed by atoms with E-state index in [0.717, 1.165) is 39.7 Å². The van der Waals surface area contributed by atoms with Crippen LogP contribution < -0.4 is 15.3 Å². The summed E-state index contributed by atoms with van der Waals surface area (Å²) in [6.45, 7) is 1.86. The van der Waals surface area contributed by atoms with E-state index in [1.165, 1.54) is 0 Å². The first-order valence-corrected chi connectivity index (χ1v) is 9.71.